The van der Waals surface area contributed by atoms with E-state index in [1.165, 1.54) is 0 Å². The van der Waals surface area contributed by atoms with Gasteiger partial charge in [-0.15, -0.1) is 5.10 Å². The number of benzene rings is 1. The second-order valence-electron chi connectivity index (χ2n) is 7.83. The monoisotopic (exact) mass is 395 g/mol. The molecule has 4 rings (SSSR count). The number of rotatable bonds is 5. The van der Waals surface area contributed by atoms with Crippen LogP contribution >= 0.6 is 0 Å². The molecule has 0 bridgehead atoms. The molecular formula is C20H25N7O2. The minimum absolute atomic E-state index is 0.0385. The fraction of sp³-hybridized carbons (Fsp3) is 0.450. The number of anilines is 1. The zero-order valence-corrected chi connectivity index (χ0v) is 17.1. The minimum Gasteiger partial charge on any atom is -0.378 e. The Bertz CT molecular complexity index is 990. The first-order valence-corrected chi connectivity index (χ1v) is 9.75. The Morgan fingerprint density at radius 2 is 2.00 bits per heavy atom. The highest BCUT2D eigenvalue weighted by atomic mass is 16.5. The van der Waals surface area contributed by atoms with Crippen LogP contribution in [0.5, 0.6) is 0 Å². The molecule has 0 N–H and O–H groups in total. The molecule has 3 aromatic rings. The van der Waals surface area contributed by atoms with Crippen LogP contribution in [-0.4, -0.2) is 63.1 Å². The highest BCUT2D eigenvalue weighted by Gasteiger charge is 2.29. The van der Waals surface area contributed by atoms with Crippen molar-refractivity contribution in [2.45, 2.75) is 32.2 Å². The minimum atomic E-state index is 0.0385. The first-order valence-electron chi connectivity index (χ1n) is 9.75. The Labute approximate surface area is 169 Å². The number of hydrogen-bond acceptors (Lipinski definition) is 7. The average Bonchev–Trinajstić information content (AvgIpc) is 3.46. The van der Waals surface area contributed by atoms with Gasteiger partial charge in [0, 0.05) is 44.4 Å². The third-order valence-electron chi connectivity index (χ3n) is 5.14. The lowest BCUT2D eigenvalue weighted by molar-refractivity contribution is 0.0787. The number of nitrogens with zero attached hydrogens (tertiary/aromatic N) is 7. The molecule has 9 nitrogen and oxygen atoms in total. The van der Waals surface area contributed by atoms with Gasteiger partial charge in [0.05, 0.1) is 12.2 Å². The summed E-state index contributed by atoms with van der Waals surface area (Å²) in [5.41, 5.74) is 2.31. The molecular weight excluding hydrogens is 370 g/mol. The van der Waals surface area contributed by atoms with Crippen LogP contribution < -0.4 is 4.90 Å². The zero-order chi connectivity index (χ0) is 20.5. The predicted octanol–water partition coefficient (Wildman–Crippen LogP) is 2.60. The smallest absolute Gasteiger partial charge is 0.280 e. The quantitative estimate of drug-likeness (QED) is 0.655. The normalized spacial score (nSPS) is 16.6. The van der Waals surface area contributed by atoms with Crippen molar-refractivity contribution >= 4 is 11.6 Å². The molecule has 29 heavy (non-hydrogen) atoms. The van der Waals surface area contributed by atoms with Crippen LogP contribution in [0.25, 0.3) is 11.6 Å². The Morgan fingerprint density at radius 3 is 2.66 bits per heavy atom. The van der Waals surface area contributed by atoms with E-state index in [0.29, 0.717) is 36.1 Å². The molecule has 1 aliphatic heterocycles. The van der Waals surface area contributed by atoms with Crippen molar-refractivity contribution in [1.82, 2.24) is 30.0 Å². The van der Waals surface area contributed by atoms with Crippen molar-refractivity contribution in [3.8, 4) is 11.6 Å². The van der Waals surface area contributed by atoms with Crippen molar-refractivity contribution in [1.29, 1.82) is 0 Å². The summed E-state index contributed by atoms with van der Waals surface area (Å²) in [6.45, 7) is 5.29. The third-order valence-corrected chi connectivity index (χ3v) is 5.14. The topological polar surface area (TPSA) is 93.2 Å². The van der Waals surface area contributed by atoms with E-state index < -0.39 is 0 Å². The summed E-state index contributed by atoms with van der Waals surface area (Å²) < 4.78 is 7.08. The SMILES string of the molecule is CC(C)c1noc(-c2cn([C@@H]3CCN(C(=O)c4ccc(N(C)C)cc4)C3)nn2)n1. The second kappa shape index (κ2) is 7.65. The van der Waals surface area contributed by atoms with Gasteiger partial charge < -0.3 is 14.3 Å². The molecule has 1 aliphatic rings. The highest BCUT2D eigenvalue weighted by Crippen LogP contribution is 2.25. The molecule has 1 amide bonds. The van der Waals surface area contributed by atoms with E-state index >= 15 is 0 Å². The fourth-order valence-electron chi connectivity index (χ4n) is 3.35. The summed E-state index contributed by atoms with van der Waals surface area (Å²) >= 11 is 0. The Morgan fingerprint density at radius 1 is 1.24 bits per heavy atom. The molecule has 1 fully saturated rings. The maximum atomic E-state index is 12.8. The van der Waals surface area contributed by atoms with Crippen LogP contribution in [0.15, 0.2) is 35.0 Å². The van der Waals surface area contributed by atoms with Gasteiger partial charge in [0.1, 0.15) is 0 Å². The molecule has 0 radical (unpaired) electrons. The molecule has 1 saturated heterocycles. The summed E-state index contributed by atoms with van der Waals surface area (Å²) in [6, 6.07) is 7.75. The number of carbonyl (C=O) groups is 1. The fourth-order valence-corrected chi connectivity index (χ4v) is 3.35. The van der Waals surface area contributed by atoms with E-state index in [0.717, 1.165) is 12.1 Å². The van der Waals surface area contributed by atoms with E-state index in [1.54, 1.807) is 4.68 Å². The van der Waals surface area contributed by atoms with Gasteiger partial charge in [0.25, 0.3) is 11.8 Å². The number of aromatic nitrogens is 5. The molecule has 152 valence electrons. The van der Waals surface area contributed by atoms with Crippen LogP contribution in [0.3, 0.4) is 0 Å². The van der Waals surface area contributed by atoms with E-state index in [1.807, 2.05) is 68.2 Å². The van der Waals surface area contributed by atoms with Crippen LogP contribution in [-0.2, 0) is 0 Å². The summed E-state index contributed by atoms with van der Waals surface area (Å²) in [7, 11) is 3.96. The van der Waals surface area contributed by atoms with Gasteiger partial charge in [0.2, 0.25) is 0 Å². The average molecular weight is 395 g/mol. The standard InChI is InChI=1S/C20H25N7O2/c1-13(2)18-21-19(29-23-18)17-12-27(24-22-17)16-9-10-26(11-16)20(28)14-5-7-15(8-6-14)25(3)4/h5-8,12-13,16H,9-11H2,1-4H3/t16-/m1/s1. The lowest BCUT2D eigenvalue weighted by atomic mass is 10.2. The third kappa shape index (κ3) is 3.85. The number of likely N-dealkylation sites (tertiary alicyclic amines) is 1. The van der Waals surface area contributed by atoms with Gasteiger partial charge in [-0.25, -0.2) is 4.68 Å². The first kappa shape index (κ1) is 19.1. The van der Waals surface area contributed by atoms with Crippen LogP contribution in [0, 0.1) is 0 Å². The molecule has 0 saturated carbocycles. The molecule has 1 atom stereocenters. The van der Waals surface area contributed by atoms with Crippen LogP contribution in [0.1, 0.15) is 48.4 Å². The zero-order valence-electron chi connectivity index (χ0n) is 17.1. The summed E-state index contributed by atoms with van der Waals surface area (Å²) in [5, 5.41) is 12.4. The van der Waals surface area contributed by atoms with E-state index in [4.69, 9.17) is 4.52 Å². The summed E-state index contributed by atoms with van der Waals surface area (Å²) in [6.07, 6.45) is 2.63. The van der Waals surface area contributed by atoms with Gasteiger partial charge in [-0.05, 0) is 30.7 Å². The largest absolute Gasteiger partial charge is 0.378 e. The Kier molecular flexibility index (Phi) is 5.04. The highest BCUT2D eigenvalue weighted by molar-refractivity contribution is 5.94. The van der Waals surface area contributed by atoms with Gasteiger partial charge in [0.15, 0.2) is 11.5 Å². The van der Waals surface area contributed by atoms with Crippen molar-refractivity contribution in [3.05, 3.63) is 41.9 Å². The molecule has 0 spiro atoms. The first-order chi connectivity index (χ1) is 13.9. The molecule has 0 aliphatic carbocycles. The summed E-state index contributed by atoms with van der Waals surface area (Å²) in [5.74, 6) is 1.24. The van der Waals surface area contributed by atoms with Crippen molar-refractivity contribution in [2.24, 2.45) is 0 Å². The van der Waals surface area contributed by atoms with E-state index in [2.05, 4.69) is 20.5 Å². The summed E-state index contributed by atoms with van der Waals surface area (Å²) in [4.78, 5) is 21.1. The molecule has 1 aromatic carbocycles. The molecule has 2 aromatic heterocycles. The van der Waals surface area contributed by atoms with Crippen molar-refractivity contribution < 1.29 is 9.32 Å². The Hall–Kier alpha value is -3.23. The van der Waals surface area contributed by atoms with Gasteiger partial charge in [-0.2, -0.15) is 4.98 Å². The van der Waals surface area contributed by atoms with E-state index in [9.17, 15) is 4.79 Å². The molecule has 9 heteroatoms. The molecule has 0 unspecified atom stereocenters. The van der Waals surface area contributed by atoms with Crippen LogP contribution in [0.4, 0.5) is 5.69 Å². The van der Waals surface area contributed by atoms with Crippen LogP contribution in [0.2, 0.25) is 0 Å². The number of amides is 1. The maximum Gasteiger partial charge on any atom is 0.280 e. The van der Waals surface area contributed by atoms with Crippen molar-refractivity contribution in [2.75, 3.05) is 32.1 Å². The molecule has 3 heterocycles. The van der Waals surface area contributed by atoms with Gasteiger partial charge >= 0.3 is 0 Å². The number of carbonyl (C=O) groups excluding carboxylic acids is 1. The maximum absolute atomic E-state index is 12.8. The lowest BCUT2D eigenvalue weighted by Gasteiger charge is -2.17. The lowest BCUT2D eigenvalue weighted by Crippen LogP contribution is -2.29. The van der Waals surface area contributed by atoms with Gasteiger partial charge in [-0.3, -0.25) is 4.79 Å². The van der Waals surface area contributed by atoms with Gasteiger partial charge in [-0.1, -0.05) is 24.2 Å². The van der Waals surface area contributed by atoms with E-state index in [-0.39, 0.29) is 17.9 Å². The van der Waals surface area contributed by atoms with Crippen molar-refractivity contribution in [3.63, 3.8) is 0 Å². The Balaban J connectivity index is 1.43. The second-order valence-corrected chi connectivity index (χ2v) is 7.83. The number of hydrogen-bond donors (Lipinski definition) is 0. The predicted molar refractivity (Wildman–Crippen MR) is 108 cm³/mol.